The third-order valence-electron chi connectivity index (χ3n) is 1.91. The lowest BCUT2D eigenvalue weighted by Crippen LogP contribution is -2.53. The van der Waals surface area contributed by atoms with Crippen LogP contribution in [0.15, 0.2) is 0 Å². The second-order valence-electron chi connectivity index (χ2n) is 4.63. The highest BCUT2D eigenvalue weighted by atomic mass is 16.2. The summed E-state index contributed by atoms with van der Waals surface area (Å²) < 4.78 is 0. The molecule has 0 radical (unpaired) electrons. The normalized spacial score (nSPS) is 11.4. The smallest absolute Gasteiger partial charge is 0.317 e. The van der Waals surface area contributed by atoms with Crippen LogP contribution in [0.1, 0.15) is 34.6 Å². The van der Waals surface area contributed by atoms with Crippen molar-refractivity contribution in [1.82, 2.24) is 9.80 Å². The van der Waals surface area contributed by atoms with E-state index in [1.54, 1.807) is 4.90 Å². The Morgan fingerprint density at radius 2 is 1.71 bits per heavy atom. The van der Waals surface area contributed by atoms with Crippen molar-refractivity contribution in [3.63, 3.8) is 0 Å². The second-order valence-corrected chi connectivity index (χ2v) is 4.63. The van der Waals surface area contributed by atoms with Gasteiger partial charge in [0.1, 0.15) is 0 Å². The molecule has 0 aliphatic rings. The van der Waals surface area contributed by atoms with Crippen LogP contribution >= 0.6 is 0 Å². The Balaban J connectivity index is 4.85. The molecule has 0 aromatic heterocycles. The topological polar surface area (TPSA) is 40.6 Å². The monoisotopic (exact) mass is 200 g/mol. The number of urea groups is 1. The number of amides is 3. The molecule has 0 saturated carbocycles. The summed E-state index contributed by atoms with van der Waals surface area (Å²) in [5.41, 5.74) is -0.275. The molecule has 0 unspecified atom stereocenters. The molecule has 0 aliphatic carbocycles. The van der Waals surface area contributed by atoms with E-state index in [4.69, 9.17) is 0 Å². The molecular weight excluding hydrogens is 180 g/mol. The molecule has 0 heterocycles. The molecule has 0 aromatic carbocycles. The molecule has 0 aliphatic heterocycles. The molecule has 0 N–H and O–H groups in total. The third kappa shape index (κ3) is 3.01. The Hall–Kier alpha value is -1.06. The predicted molar refractivity (Wildman–Crippen MR) is 56.0 cm³/mol. The fourth-order valence-corrected chi connectivity index (χ4v) is 1.50. The van der Waals surface area contributed by atoms with Crippen LogP contribution in [0.3, 0.4) is 0 Å². The number of rotatable bonds is 2. The van der Waals surface area contributed by atoms with Gasteiger partial charge in [0.05, 0.1) is 0 Å². The summed E-state index contributed by atoms with van der Waals surface area (Å²) in [6.07, 6.45) is 0.531. The number of hydrogen-bond donors (Lipinski definition) is 0. The average molecular weight is 200 g/mol. The van der Waals surface area contributed by atoms with E-state index in [0.717, 1.165) is 4.90 Å². The van der Waals surface area contributed by atoms with Gasteiger partial charge in [-0.15, -0.1) is 0 Å². The van der Waals surface area contributed by atoms with Gasteiger partial charge in [0, 0.05) is 18.6 Å². The van der Waals surface area contributed by atoms with E-state index in [-0.39, 0.29) is 17.6 Å². The quantitative estimate of drug-likeness (QED) is 0.637. The lowest BCUT2D eigenvalue weighted by atomic mass is 10.0. The minimum absolute atomic E-state index is 0.0740. The van der Waals surface area contributed by atoms with Crippen molar-refractivity contribution >= 4 is 12.4 Å². The number of imide groups is 1. The molecule has 82 valence electrons. The van der Waals surface area contributed by atoms with Crippen LogP contribution < -0.4 is 0 Å². The van der Waals surface area contributed by atoms with E-state index in [0.29, 0.717) is 6.41 Å². The van der Waals surface area contributed by atoms with Crippen molar-refractivity contribution in [2.75, 3.05) is 7.05 Å². The molecule has 4 nitrogen and oxygen atoms in total. The maximum absolute atomic E-state index is 11.8. The zero-order valence-electron chi connectivity index (χ0n) is 9.87. The molecule has 0 bridgehead atoms. The first-order chi connectivity index (χ1) is 6.21. The van der Waals surface area contributed by atoms with Crippen LogP contribution in [0.25, 0.3) is 0 Å². The van der Waals surface area contributed by atoms with Crippen molar-refractivity contribution in [1.29, 1.82) is 0 Å². The standard InChI is InChI=1S/C10H20N2O2/c1-8(2)12(10(3,4)5)9(14)11(6)7-13/h7-8H,1-6H3. The Bertz CT molecular complexity index is 219. The van der Waals surface area contributed by atoms with Gasteiger partial charge in [0.2, 0.25) is 6.41 Å². The van der Waals surface area contributed by atoms with Gasteiger partial charge in [-0.25, -0.2) is 4.79 Å². The lowest BCUT2D eigenvalue weighted by Gasteiger charge is -2.40. The van der Waals surface area contributed by atoms with Gasteiger partial charge in [0.25, 0.3) is 0 Å². The fraction of sp³-hybridized carbons (Fsp3) is 0.800. The van der Waals surface area contributed by atoms with Gasteiger partial charge in [0.15, 0.2) is 0 Å². The SMILES string of the molecule is CC(C)N(C(=O)N(C)C=O)C(C)(C)C. The highest BCUT2D eigenvalue weighted by Gasteiger charge is 2.30. The molecular formula is C10H20N2O2. The fourth-order valence-electron chi connectivity index (χ4n) is 1.50. The Morgan fingerprint density at radius 3 is 1.93 bits per heavy atom. The average Bonchev–Trinajstić information content (AvgIpc) is 1.99. The van der Waals surface area contributed by atoms with Gasteiger partial charge in [-0.05, 0) is 34.6 Å². The first-order valence-corrected chi connectivity index (χ1v) is 4.73. The van der Waals surface area contributed by atoms with Crippen molar-refractivity contribution in [3.8, 4) is 0 Å². The van der Waals surface area contributed by atoms with Crippen LogP contribution in [-0.4, -0.2) is 40.9 Å². The summed E-state index contributed by atoms with van der Waals surface area (Å²) in [6.45, 7) is 9.71. The number of nitrogens with zero attached hydrogens (tertiary/aromatic N) is 2. The molecule has 0 rings (SSSR count). The van der Waals surface area contributed by atoms with Crippen molar-refractivity contribution in [3.05, 3.63) is 0 Å². The highest BCUT2D eigenvalue weighted by Crippen LogP contribution is 2.18. The summed E-state index contributed by atoms with van der Waals surface area (Å²) in [5, 5.41) is 0. The summed E-state index contributed by atoms with van der Waals surface area (Å²) in [7, 11) is 1.47. The molecule has 14 heavy (non-hydrogen) atoms. The van der Waals surface area contributed by atoms with Gasteiger partial charge in [-0.3, -0.25) is 9.69 Å². The van der Waals surface area contributed by atoms with Gasteiger partial charge < -0.3 is 4.90 Å². The molecule has 0 atom stereocenters. The van der Waals surface area contributed by atoms with Gasteiger partial charge in [-0.2, -0.15) is 0 Å². The molecule has 0 spiro atoms. The summed E-state index contributed by atoms with van der Waals surface area (Å²) in [4.78, 5) is 25.0. The number of hydrogen-bond acceptors (Lipinski definition) is 2. The van der Waals surface area contributed by atoms with E-state index in [1.807, 2.05) is 34.6 Å². The van der Waals surface area contributed by atoms with Crippen molar-refractivity contribution in [2.45, 2.75) is 46.2 Å². The van der Waals surface area contributed by atoms with Gasteiger partial charge >= 0.3 is 6.03 Å². The van der Waals surface area contributed by atoms with Gasteiger partial charge in [-0.1, -0.05) is 0 Å². The maximum atomic E-state index is 11.8. The molecule has 0 aromatic rings. The molecule has 3 amide bonds. The van der Waals surface area contributed by atoms with Crippen LogP contribution in [0.4, 0.5) is 4.79 Å². The van der Waals surface area contributed by atoms with Crippen molar-refractivity contribution in [2.24, 2.45) is 0 Å². The maximum Gasteiger partial charge on any atom is 0.326 e. The minimum atomic E-state index is -0.275. The summed E-state index contributed by atoms with van der Waals surface area (Å²) in [6, 6.07) is -0.188. The second kappa shape index (κ2) is 4.44. The first kappa shape index (κ1) is 12.9. The summed E-state index contributed by atoms with van der Waals surface area (Å²) >= 11 is 0. The highest BCUT2D eigenvalue weighted by molar-refractivity contribution is 5.85. The third-order valence-corrected chi connectivity index (χ3v) is 1.91. The van der Waals surface area contributed by atoms with Crippen LogP contribution in [0.5, 0.6) is 0 Å². The Labute approximate surface area is 85.9 Å². The van der Waals surface area contributed by atoms with Crippen LogP contribution in [-0.2, 0) is 4.79 Å². The van der Waals surface area contributed by atoms with Crippen LogP contribution in [0, 0.1) is 0 Å². The van der Waals surface area contributed by atoms with Crippen LogP contribution in [0.2, 0.25) is 0 Å². The van der Waals surface area contributed by atoms with E-state index < -0.39 is 0 Å². The minimum Gasteiger partial charge on any atom is -0.317 e. The largest absolute Gasteiger partial charge is 0.326 e. The zero-order chi connectivity index (χ0) is 11.5. The van der Waals surface area contributed by atoms with E-state index >= 15 is 0 Å². The number of carbonyl (C=O) groups is 2. The molecule has 0 fully saturated rings. The van der Waals surface area contributed by atoms with E-state index in [1.165, 1.54) is 7.05 Å². The lowest BCUT2D eigenvalue weighted by molar-refractivity contribution is -0.115. The van der Waals surface area contributed by atoms with Crippen molar-refractivity contribution < 1.29 is 9.59 Å². The Morgan fingerprint density at radius 1 is 1.29 bits per heavy atom. The van der Waals surface area contributed by atoms with E-state index in [2.05, 4.69) is 0 Å². The predicted octanol–water partition coefficient (Wildman–Crippen LogP) is 1.70. The molecule has 4 heteroatoms. The zero-order valence-corrected chi connectivity index (χ0v) is 9.87. The first-order valence-electron chi connectivity index (χ1n) is 4.73. The number of carbonyl (C=O) groups excluding carboxylic acids is 2. The molecule has 0 saturated heterocycles. The Kier molecular flexibility index (Phi) is 4.10. The van der Waals surface area contributed by atoms with E-state index in [9.17, 15) is 9.59 Å². The summed E-state index contributed by atoms with van der Waals surface area (Å²) in [5.74, 6) is 0.